The molecule has 1 aromatic heterocycles. The average molecular weight is 370 g/mol. The van der Waals surface area contributed by atoms with Crippen LogP contribution < -0.4 is 0 Å². The lowest BCUT2D eigenvalue weighted by atomic mass is 9.75. The van der Waals surface area contributed by atoms with Gasteiger partial charge in [0.1, 0.15) is 5.82 Å². The van der Waals surface area contributed by atoms with Gasteiger partial charge >= 0.3 is 5.97 Å². The molecule has 1 aromatic carbocycles. The Bertz CT molecular complexity index is 795. The Morgan fingerprint density at radius 2 is 2.07 bits per heavy atom. The highest BCUT2D eigenvalue weighted by atomic mass is 19.1. The molecular formula is C22H27FN2O2. The van der Waals surface area contributed by atoms with E-state index in [0.717, 1.165) is 24.4 Å². The Labute approximate surface area is 160 Å². The van der Waals surface area contributed by atoms with Crippen LogP contribution in [-0.2, 0) is 22.5 Å². The van der Waals surface area contributed by atoms with Crippen LogP contribution >= 0.6 is 0 Å². The third kappa shape index (κ3) is 4.72. The molecule has 1 saturated heterocycles. The summed E-state index contributed by atoms with van der Waals surface area (Å²) in [7, 11) is 0. The second kappa shape index (κ2) is 8.61. The van der Waals surface area contributed by atoms with E-state index >= 15 is 0 Å². The molecule has 144 valence electrons. The van der Waals surface area contributed by atoms with Crippen LogP contribution in [0.5, 0.6) is 0 Å². The van der Waals surface area contributed by atoms with Crippen LogP contribution in [0.3, 0.4) is 0 Å². The van der Waals surface area contributed by atoms with E-state index < -0.39 is 5.41 Å². The zero-order valence-electron chi connectivity index (χ0n) is 16.1. The highest BCUT2D eigenvalue weighted by Crippen LogP contribution is 2.36. The molecule has 0 aliphatic carbocycles. The van der Waals surface area contributed by atoms with E-state index in [4.69, 9.17) is 4.74 Å². The van der Waals surface area contributed by atoms with Crippen molar-refractivity contribution in [3.8, 4) is 0 Å². The zero-order chi connectivity index (χ0) is 19.3. The number of nitrogens with zero attached hydrogens (tertiary/aromatic N) is 2. The summed E-state index contributed by atoms with van der Waals surface area (Å²) in [5.74, 6) is -0.492. The van der Waals surface area contributed by atoms with E-state index in [-0.39, 0.29) is 11.8 Å². The Kier molecular flexibility index (Phi) is 6.22. The van der Waals surface area contributed by atoms with Gasteiger partial charge in [0.2, 0.25) is 0 Å². The van der Waals surface area contributed by atoms with Crippen LogP contribution in [0, 0.1) is 18.2 Å². The van der Waals surface area contributed by atoms with Crippen LogP contribution in [-0.4, -0.2) is 35.5 Å². The van der Waals surface area contributed by atoms with Gasteiger partial charge in [-0.05, 0) is 63.4 Å². The minimum atomic E-state index is -0.722. The van der Waals surface area contributed by atoms with Crippen molar-refractivity contribution in [2.75, 3.05) is 19.7 Å². The van der Waals surface area contributed by atoms with Gasteiger partial charge in [-0.2, -0.15) is 0 Å². The molecular weight excluding hydrogens is 343 g/mol. The SMILES string of the molecule is CCOC(=O)[C@@]1(Cc2ccccc2F)CCCN(Cc2cccc(C)n2)C1. The number of hydrogen-bond acceptors (Lipinski definition) is 4. The number of piperidine rings is 1. The van der Waals surface area contributed by atoms with Gasteiger partial charge in [-0.1, -0.05) is 24.3 Å². The number of carbonyl (C=O) groups excluding carboxylic acids is 1. The molecule has 1 atom stereocenters. The molecule has 4 nitrogen and oxygen atoms in total. The lowest BCUT2D eigenvalue weighted by molar-refractivity contribution is -0.159. The number of hydrogen-bond donors (Lipinski definition) is 0. The monoisotopic (exact) mass is 370 g/mol. The van der Waals surface area contributed by atoms with Crippen LogP contribution in [0.15, 0.2) is 42.5 Å². The first-order chi connectivity index (χ1) is 13.0. The third-order valence-corrected chi connectivity index (χ3v) is 5.18. The predicted molar refractivity (Wildman–Crippen MR) is 103 cm³/mol. The fourth-order valence-corrected chi connectivity index (χ4v) is 3.95. The molecule has 0 unspecified atom stereocenters. The maximum Gasteiger partial charge on any atom is 0.313 e. The normalized spacial score (nSPS) is 20.4. The van der Waals surface area contributed by atoms with E-state index in [0.29, 0.717) is 38.1 Å². The summed E-state index contributed by atoms with van der Waals surface area (Å²) in [5.41, 5.74) is 1.81. The number of esters is 1. The molecule has 0 bridgehead atoms. The number of benzene rings is 1. The second-order valence-electron chi connectivity index (χ2n) is 7.35. The highest BCUT2D eigenvalue weighted by Gasteiger charge is 2.44. The molecule has 0 N–H and O–H groups in total. The Hall–Kier alpha value is -2.27. The largest absolute Gasteiger partial charge is 0.466 e. The van der Waals surface area contributed by atoms with Crippen molar-refractivity contribution in [1.29, 1.82) is 0 Å². The molecule has 1 fully saturated rings. The van der Waals surface area contributed by atoms with Gasteiger partial charge in [0.25, 0.3) is 0 Å². The molecule has 0 radical (unpaired) electrons. The summed E-state index contributed by atoms with van der Waals surface area (Å²) in [6.07, 6.45) is 1.94. The summed E-state index contributed by atoms with van der Waals surface area (Å²) in [4.78, 5) is 19.7. The van der Waals surface area contributed by atoms with Crippen molar-refractivity contribution in [3.63, 3.8) is 0 Å². The van der Waals surface area contributed by atoms with Crippen molar-refractivity contribution in [3.05, 3.63) is 65.2 Å². The summed E-state index contributed by atoms with van der Waals surface area (Å²) in [5, 5.41) is 0. The molecule has 2 aromatic rings. The Morgan fingerprint density at radius 3 is 2.81 bits per heavy atom. The van der Waals surface area contributed by atoms with Gasteiger partial charge in [-0.3, -0.25) is 14.7 Å². The smallest absolute Gasteiger partial charge is 0.313 e. The van der Waals surface area contributed by atoms with Gasteiger partial charge < -0.3 is 4.74 Å². The first-order valence-electron chi connectivity index (χ1n) is 9.58. The van der Waals surface area contributed by atoms with Gasteiger partial charge in [0, 0.05) is 18.8 Å². The second-order valence-corrected chi connectivity index (χ2v) is 7.35. The van der Waals surface area contributed by atoms with Crippen LogP contribution in [0.1, 0.15) is 36.7 Å². The fourth-order valence-electron chi connectivity index (χ4n) is 3.95. The lowest BCUT2D eigenvalue weighted by Crippen LogP contribution is -2.49. The fraction of sp³-hybridized carbons (Fsp3) is 0.455. The van der Waals surface area contributed by atoms with Crippen molar-refractivity contribution >= 4 is 5.97 Å². The minimum Gasteiger partial charge on any atom is -0.466 e. The maximum atomic E-state index is 14.3. The van der Waals surface area contributed by atoms with Crippen molar-refractivity contribution < 1.29 is 13.9 Å². The van der Waals surface area contributed by atoms with Gasteiger partial charge in [0.15, 0.2) is 0 Å². The third-order valence-electron chi connectivity index (χ3n) is 5.18. The molecule has 1 aliphatic rings. The first kappa shape index (κ1) is 19.5. The van der Waals surface area contributed by atoms with Crippen LogP contribution in [0.25, 0.3) is 0 Å². The molecule has 0 saturated carbocycles. The van der Waals surface area contributed by atoms with Crippen molar-refractivity contribution in [2.45, 2.75) is 39.7 Å². The minimum absolute atomic E-state index is 0.227. The summed E-state index contributed by atoms with van der Waals surface area (Å²) < 4.78 is 19.7. The predicted octanol–water partition coefficient (Wildman–Crippen LogP) is 3.92. The van der Waals surface area contributed by atoms with Gasteiger partial charge in [-0.25, -0.2) is 4.39 Å². The van der Waals surface area contributed by atoms with E-state index in [1.54, 1.807) is 12.1 Å². The number of pyridine rings is 1. The van der Waals surface area contributed by atoms with E-state index in [9.17, 15) is 9.18 Å². The number of halogens is 1. The lowest BCUT2D eigenvalue weighted by Gasteiger charge is -2.41. The molecule has 27 heavy (non-hydrogen) atoms. The van der Waals surface area contributed by atoms with Gasteiger partial charge in [0.05, 0.1) is 17.7 Å². The standard InChI is InChI=1S/C22H27FN2O2/c1-3-27-21(26)22(14-18-9-4-5-11-20(18)23)12-7-13-25(16-22)15-19-10-6-8-17(2)24-19/h4-6,8-11H,3,7,12-16H2,1-2H3/t22-/m1/s1. The van der Waals surface area contributed by atoms with Crippen LogP contribution in [0.4, 0.5) is 4.39 Å². The van der Waals surface area contributed by atoms with Crippen molar-refractivity contribution in [2.24, 2.45) is 5.41 Å². The molecule has 3 rings (SSSR count). The average Bonchev–Trinajstić information content (AvgIpc) is 2.64. The number of ether oxygens (including phenoxy) is 1. The number of aromatic nitrogens is 1. The van der Waals surface area contributed by atoms with E-state index in [1.807, 2.05) is 38.1 Å². The maximum absolute atomic E-state index is 14.3. The molecule has 5 heteroatoms. The highest BCUT2D eigenvalue weighted by molar-refractivity contribution is 5.77. The van der Waals surface area contributed by atoms with E-state index in [1.165, 1.54) is 6.07 Å². The van der Waals surface area contributed by atoms with Crippen molar-refractivity contribution in [1.82, 2.24) is 9.88 Å². The molecule has 2 heterocycles. The zero-order valence-corrected chi connectivity index (χ0v) is 16.1. The van der Waals surface area contributed by atoms with Crippen LogP contribution in [0.2, 0.25) is 0 Å². The molecule has 1 aliphatic heterocycles. The van der Waals surface area contributed by atoms with E-state index in [2.05, 4.69) is 9.88 Å². The summed E-state index contributed by atoms with van der Waals surface area (Å²) in [6, 6.07) is 12.7. The van der Waals surface area contributed by atoms with Gasteiger partial charge in [-0.15, -0.1) is 0 Å². The summed E-state index contributed by atoms with van der Waals surface area (Å²) in [6.45, 7) is 6.24. The topological polar surface area (TPSA) is 42.4 Å². The first-order valence-corrected chi connectivity index (χ1v) is 9.58. The molecule has 0 spiro atoms. The Morgan fingerprint density at radius 1 is 1.26 bits per heavy atom. The number of aryl methyl sites for hydroxylation is 1. The summed E-state index contributed by atoms with van der Waals surface area (Å²) >= 11 is 0. The number of likely N-dealkylation sites (tertiary alicyclic amines) is 1. The number of rotatable bonds is 6. The quantitative estimate of drug-likeness (QED) is 0.723. The number of carbonyl (C=O) groups is 1. The molecule has 0 amide bonds. The Balaban J connectivity index is 1.83.